The first-order valence-electron chi connectivity index (χ1n) is 10.1. The van der Waals surface area contributed by atoms with Crippen molar-refractivity contribution >= 4 is 9.84 Å². The van der Waals surface area contributed by atoms with Crippen LogP contribution < -0.4 is 0 Å². The van der Waals surface area contributed by atoms with Gasteiger partial charge in [0, 0.05) is 12.6 Å². The van der Waals surface area contributed by atoms with Gasteiger partial charge in [0.1, 0.15) is 5.75 Å². The normalized spacial score (nSPS) is 24.9. The van der Waals surface area contributed by atoms with E-state index in [0.29, 0.717) is 24.9 Å². The Labute approximate surface area is 171 Å². The summed E-state index contributed by atoms with van der Waals surface area (Å²) >= 11 is 0. The summed E-state index contributed by atoms with van der Waals surface area (Å²) in [6, 6.07) is 6.94. The molecule has 0 unspecified atom stereocenters. The minimum atomic E-state index is -3.54. The fourth-order valence-electron chi connectivity index (χ4n) is 4.27. The van der Waals surface area contributed by atoms with Crippen molar-refractivity contribution < 1.29 is 18.0 Å². The lowest BCUT2D eigenvalue weighted by Gasteiger charge is -2.37. The van der Waals surface area contributed by atoms with E-state index in [1.807, 2.05) is 6.92 Å². The Morgan fingerprint density at radius 2 is 1.90 bits per heavy atom. The van der Waals surface area contributed by atoms with Crippen LogP contribution in [0.5, 0.6) is 0 Å². The molecule has 2 fully saturated rings. The predicted octanol–water partition coefficient (Wildman–Crippen LogP) is 1.55. The average molecular weight is 421 g/mol. The van der Waals surface area contributed by atoms with Crippen molar-refractivity contribution in [3.8, 4) is 0 Å². The number of β-amino-alcohol motifs (C(OH)–C–C–N with tert-alkyl or cyclic N) is 1. The third-order valence-electron chi connectivity index (χ3n) is 5.94. The molecule has 0 saturated carbocycles. The molecule has 0 bridgehead atoms. The Bertz CT molecular complexity index is 936. The lowest BCUT2D eigenvalue weighted by molar-refractivity contribution is 0.0880. The van der Waals surface area contributed by atoms with Gasteiger partial charge in [-0.1, -0.05) is 22.9 Å². The number of aryl methyl sites for hydroxylation is 1. The molecule has 9 heteroatoms. The number of hydrogen-bond donors (Lipinski definition) is 1. The summed E-state index contributed by atoms with van der Waals surface area (Å²) in [6.45, 7) is 4.54. The molecule has 4 rings (SSSR count). The van der Waals surface area contributed by atoms with Gasteiger partial charge in [0.2, 0.25) is 5.89 Å². The minimum absolute atomic E-state index is 0.158. The molecule has 2 atom stereocenters. The zero-order valence-electron chi connectivity index (χ0n) is 16.9. The van der Waals surface area contributed by atoms with Gasteiger partial charge in [-0.3, -0.25) is 4.90 Å². The van der Waals surface area contributed by atoms with Crippen LogP contribution in [0, 0.1) is 6.92 Å². The second-order valence-electron chi connectivity index (χ2n) is 8.26. The molecule has 1 N–H and O–H groups in total. The second-order valence-corrected chi connectivity index (χ2v) is 10.2. The predicted molar refractivity (Wildman–Crippen MR) is 107 cm³/mol. The van der Waals surface area contributed by atoms with Crippen LogP contribution in [0.25, 0.3) is 0 Å². The molecule has 29 heavy (non-hydrogen) atoms. The van der Waals surface area contributed by atoms with Crippen LogP contribution in [0.3, 0.4) is 0 Å². The van der Waals surface area contributed by atoms with Gasteiger partial charge in [0.15, 0.2) is 15.7 Å². The lowest BCUT2D eigenvalue weighted by atomic mass is 10.0. The Balaban J connectivity index is 1.49. The maximum atomic E-state index is 12.7. The number of sulfone groups is 1. The summed E-state index contributed by atoms with van der Waals surface area (Å²) < 4.78 is 30.8. The van der Waals surface area contributed by atoms with Gasteiger partial charge in [-0.05, 0) is 58.5 Å². The van der Waals surface area contributed by atoms with E-state index in [1.165, 1.54) is 0 Å². The SMILES string of the molecule is Cc1ccc(S(=O)(=O)Cc2noc([C@H]3C[C@@H](O)CN3C3CCN(C)CC3)n2)cc1. The van der Waals surface area contributed by atoms with Crippen molar-refractivity contribution in [2.24, 2.45) is 0 Å². The minimum Gasteiger partial charge on any atom is -0.392 e. The number of benzene rings is 1. The number of hydrogen-bond acceptors (Lipinski definition) is 8. The number of aromatic nitrogens is 2. The molecule has 0 radical (unpaired) electrons. The van der Waals surface area contributed by atoms with E-state index in [9.17, 15) is 13.5 Å². The highest BCUT2D eigenvalue weighted by Crippen LogP contribution is 2.35. The van der Waals surface area contributed by atoms with Crippen molar-refractivity contribution in [1.82, 2.24) is 19.9 Å². The van der Waals surface area contributed by atoms with Crippen LogP contribution in [0.1, 0.15) is 42.6 Å². The molecular formula is C20H28N4O4S. The Hall–Kier alpha value is -1.81. The maximum Gasteiger partial charge on any atom is 0.244 e. The zero-order valence-corrected chi connectivity index (χ0v) is 17.7. The van der Waals surface area contributed by atoms with Gasteiger partial charge in [-0.15, -0.1) is 0 Å². The first-order valence-corrected chi connectivity index (χ1v) is 11.7. The highest BCUT2D eigenvalue weighted by molar-refractivity contribution is 7.90. The Kier molecular flexibility index (Phi) is 5.74. The molecule has 2 aliphatic heterocycles. The highest BCUT2D eigenvalue weighted by Gasteiger charge is 2.40. The van der Waals surface area contributed by atoms with Gasteiger partial charge < -0.3 is 14.5 Å². The highest BCUT2D eigenvalue weighted by atomic mass is 32.2. The van der Waals surface area contributed by atoms with Crippen LogP contribution in [0.15, 0.2) is 33.7 Å². The molecule has 158 valence electrons. The molecule has 3 heterocycles. The standard InChI is InChI=1S/C20H28N4O4S/c1-14-3-5-17(6-4-14)29(26,27)13-19-21-20(28-22-19)18-11-16(25)12-24(18)15-7-9-23(2)10-8-15/h3-6,15-16,18,25H,7-13H2,1-2H3/t16-,18-/m1/s1. The van der Waals surface area contributed by atoms with E-state index in [4.69, 9.17) is 4.52 Å². The summed E-state index contributed by atoms with van der Waals surface area (Å²) in [5.41, 5.74) is 1.000. The van der Waals surface area contributed by atoms with Gasteiger partial charge in [-0.25, -0.2) is 8.42 Å². The van der Waals surface area contributed by atoms with E-state index in [-0.39, 0.29) is 22.5 Å². The number of piperidine rings is 1. The monoisotopic (exact) mass is 420 g/mol. The number of rotatable bonds is 5. The molecule has 8 nitrogen and oxygen atoms in total. The molecule has 1 aromatic heterocycles. The smallest absolute Gasteiger partial charge is 0.244 e. The van der Waals surface area contributed by atoms with Crippen molar-refractivity contribution in [1.29, 1.82) is 0 Å². The molecule has 1 aromatic carbocycles. The first-order chi connectivity index (χ1) is 13.8. The van der Waals surface area contributed by atoms with Gasteiger partial charge >= 0.3 is 0 Å². The molecule has 0 amide bonds. The molecule has 0 spiro atoms. The van der Waals surface area contributed by atoms with Crippen LogP contribution in [0.4, 0.5) is 0 Å². The summed E-state index contributed by atoms with van der Waals surface area (Å²) in [7, 11) is -1.43. The molecule has 2 aromatic rings. The van der Waals surface area contributed by atoms with E-state index >= 15 is 0 Å². The fraction of sp³-hybridized carbons (Fsp3) is 0.600. The summed E-state index contributed by atoms with van der Waals surface area (Å²) in [4.78, 5) is 9.20. The molecular weight excluding hydrogens is 392 g/mol. The number of aliphatic hydroxyl groups excluding tert-OH is 1. The van der Waals surface area contributed by atoms with Gasteiger partial charge in [-0.2, -0.15) is 4.98 Å². The van der Waals surface area contributed by atoms with Crippen LogP contribution >= 0.6 is 0 Å². The number of aliphatic hydroxyl groups is 1. The second kappa shape index (κ2) is 8.14. The van der Waals surface area contributed by atoms with Crippen LogP contribution in [-0.2, 0) is 15.6 Å². The topological polar surface area (TPSA) is 99.8 Å². The quantitative estimate of drug-likeness (QED) is 0.778. The van der Waals surface area contributed by atoms with Gasteiger partial charge in [0.25, 0.3) is 0 Å². The van der Waals surface area contributed by atoms with E-state index in [2.05, 4.69) is 27.0 Å². The van der Waals surface area contributed by atoms with Gasteiger partial charge in [0.05, 0.1) is 17.0 Å². The van der Waals surface area contributed by atoms with Crippen molar-refractivity contribution in [2.75, 3.05) is 26.7 Å². The van der Waals surface area contributed by atoms with E-state index < -0.39 is 15.9 Å². The van der Waals surface area contributed by atoms with Crippen LogP contribution in [0.2, 0.25) is 0 Å². The molecule has 0 aliphatic carbocycles. The van der Waals surface area contributed by atoms with Crippen LogP contribution in [-0.4, -0.2) is 72.3 Å². The zero-order chi connectivity index (χ0) is 20.6. The third kappa shape index (κ3) is 4.53. The van der Waals surface area contributed by atoms with E-state index in [0.717, 1.165) is 31.5 Å². The van der Waals surface area contributed by atoms with Crippen molar-refractivity contribution in [2.45, 2.75) is 55.0 Å². The van der Waals surface area contributed by atoms with E-state index in [1.54, 1.807) is 24.3 Å². The molecule has 2 aliphatic rings. The fourth-order valence-corrected chi connectivity index (χ4v) is 5.45. The average Bonchev–Trinajstić information content (AvgIpc) is 3.28. The third-order valence-corrected chi connectivity index (χ3v) is 7.57. The van der Waals surface area contributed by atoms with Crippen molar-refractivity contribution in [3.05, 3.63) is 41.5 Å². The Morgan fingerprint density at radius 1 is 1.21 bits per heavy atom. The summed E-state index contributed by atoms with van der Waals surface area (Å²) in [6.07, 6.45) is 2.15. The number of nitrogens with zero attached hydrogens (tertiary/aromatic N) is 4. The number of likely N-dealkylation sites (tertiary alicyclic amines) is 2. The van der Waals surface area contributed by atoms with Crippen molar-refractivity contribution in [3.63, 3.8) is 0 Å². The largest absolute Gasteiger partial charge is 0.392 e. The first kappa shape index (κ1) is 20.5. The summed E-state index contributed by atoms with van der Waals surface area (Å²) in [5.74, 6) is 0.253. The summed E-state index contributed by atoms with van der Waals surface area (Å²) in [5, 5.41) is 14.2. The maximum absolute atomic E-state index is 12.7. The molecule has 2 saturated heterocycles. The lowest BCUT2D eigenvalue weighted by Crippen LogP contribution is -2.43. The Morgan fingerprint density at radius 3 is 2.59 bits per heavy atom.